The van der Waals surface area contributed by atoms with E-state index in [4.69, 9.17) is 9.31 Å². The average Bonchev–Trinajstić information content (AvgIpc) is 2.48. The van der Waals surface area contributed by atoms with E-state index in [0.29, 0.717) is 0 Å². The summed E-state index contributed by atoms with van der Waals surface area (Å²) in [7, 11) is 3.61. The summed E-state index contributed by atoms with van der Waals surface area (Å²) in [4.78, 5) is 6.26. The molecule has 0 spiro atoms. The molecule has 0 saturated carbocycles. The monoisotopic (exact) mass is 248 g/mol. The van der Waals surface area contributed by atoms with Gasteiger partial charge in [0.05, 0.1) is 11.2 Å². The maximum absolute atomic E-state index is 6.02. The van der Waals surface area contributed by atoms with Gasteiger partial charge in [0.2, 0.25) is 0 Å². The van der Waals surface area contributed by atoms with Crippen LogP contribution in [0.4, 0.5) is 5.82 Å². The van der Waals surface area contributed by atoms with Gasteiger partial charge >= 0.3 is 7.12 Å². The van der Waals surface area contributed by atoms with Gasteiger partial charge in [-0.15, -0.1) is 0 Å². The molecule has 0 unspecified atom stereocenters. The lowest BCUT2D eigenvalue weighted by atomic mass is 9.80. The topological polar surface area (TPSA) is 34.6 Å². The highest BCUT2D eigenvalue weighted by Gasteiger charge is 2.51. The first-order valence-corrected chi connectivity index (χ1v) is 6.22. The first-order chi connectivity index (χ1) is 8.23. The Labute approximate surface area is 109 Å². The van der Waals surface area contributed by atoms with Crippen LogP contribution in [0.15, 0.2) is 18.3 Å². The predicted molar refractivity (Wildman–Crippen MR) is 74.3 cm³/mol. The van der Waals surface area contributed by atoms with Gasteiger partial charge in [0, 0.05) is 20.3 Å². The summed E-state index contributed by atoms with van der Waals surface area (Å²) in [6.45, 7) is 8.23. The molecule has 98 valence electrons. The van der Waals surface area contributed by atoms with Crippen LogP contribution in [-0.2, 0) is 9.31 Å². The van der Waals surface area contributed by atoms with Gasteiger partial charge in [-0.3, -0.25) is 0 Å². The summed E-state index contributed by atoms with van der Waals surface area (Å²) in [5, 5.41) is 0. The highest BCUT2D eigenvalue weighted by atomic mass is 16.7. The van der Waals surface area contributed by atoms with Crippen molar-refractivity contribution in [1.29, 1.82) is 0 Å². The molecule has 1 aromatic heterocycles. The maximum Gasteiger partial charge on any atom is 0.495 e. The van der Waals surface area contributed by atoms with Crippen molar-refractivity contribution in [1.82, 2.24) is 4.98 Å². The number of anilines is 1. The van der Waals surface area contributed by atoms with Gasteiger partial charge in [-0.2, -0.15) is 0 Å². The second kappa shape index (κ2) is 4.25. The molecular formula is C13H21BN2O2. The maximum atomic E-state index is 6.02. The molecule has 18 heavy (non-hydrogen) atoms. The third-order valence-electron chi connectivity index (χ3n) is 3.75. The molecule has 2 rings (SSSR count). The van der Waals surface area contributed by atoms with Crippen molar-refractivity contribution in [3.05, 3.63) is 18.3 Å². The van der Waals surface area contributed by atoms with Crippen molar-refractivity contribution in [3.8, 4) is 0 Å². The molecule has 2 heterocycles. The number of rotatable bonds is 2. The van der Waals surface area contributed by atoms with Crippen molar-refractivity contribution in [2.24, 2.45) is 0 Å². The van der Waals surface area contributed by atoms with Crippen LogP contribution >= 0.6 is 0 Å². The molecule has 0 N–H and O–H groups in total. The van der Waals surface area contributed by atoms with Crippen molar-refractivity contribution in [2.75, 3.05) is 19.0 Å². The van der Waals surface area contributed by atoms with E-state index >= 15 is 0 Å². The fourth-order valence-electron chi connectivity index (χ4n) is 1.80. The van der Waals surface area contributed by atoms with Crippen molar-refractivity contribution < 1.29 is 9.31 Å². The first kappa shape index (κ1) is 13.4. The largest absolute Gasteiger partial charge is 0.495 e. The fourth-order valence-corrected chi connectivity index (χ4v) is 1.80. The Hall–Kier alpha value is -1.07. The molecule has 0 atom stereocenters. The molecule has 1 saturated heterocycles. The van der Waals surface area contributed by atoms with Crippen LogP contribution in [0, 0.1) is 0 Å². The van der Waals surface area contributed by atoms with E-state index in [1.165, 1.54) is 0 Å². The van der Waals surface area contributed by atoms with Crippen LogP contribution in [0.3, 0.4) is 0 Å². The summed E-state index contributed by atoms with van der Waals surface area (Å²) in [5.74, 6) is 0.905. The number of hydrogen-bond donors (Lipinski definition) is 0. The van der Waals surface area contributed by atoms with E-state index in [9.17, 15) is 0 Å². The Morgan fingerprint density at radius 2 is 1.67 bits per heavy atom. The zero-order chi connectivity index (χ0) is 13.6. The van der Waals surface area contributed by atoms with Gasteiger partial charge in [0.1, 0.15) is 5.82 Å². The lowest BCUT2D eigenvalue weighted by Crippen LogP contribution is -2.41. The minimum absolute atomic E-state index is 0.306. The third-order valence-corrected chi connectivity index (χ3v) is 3.75. The van der Waals surface area contributed by atoms with Crippen molar-refractivity contribution in [3.63, 3.8) is 0 Å². The van der Waals surface area contributed by atoms with Crippen LogP contribution in [0.5, 0.6) is 0 Å². The summed E-state index contributed by atoms with van der Waals surface area (Å²) in [5.41, 5.74) is 0.394. The third kappa shape index (κ3) is 2.25. The van der Waals surface area contributed by atoms with Crippen LogP contribution in [0.2, 0.25) is 0 Å². The van der Waals surface area contributed by atoms with Gasteiger partial charge in [-0.25, -0.2) is 4.98 Å². The van der Waals surface area contributed by atoms with Gasteiger partial charge < -0.3 is 14.2 Å². The molecule has 1 aromatic rings. The Morgan fingerprint density at radius 3 is 2.17 bits per heavy atom. The van der Waals surface area contributed by atoms with Crippen molar-refractivity contribution in [2.45, 2.75) is 38.9 Å². The molecule has 1 fully saturated rings. The Kier molecular flexibility index (Phi) is 3.15. The Bertz CT molecular complexity index is 430. The van der Waals surface area contributed by atoms with Crippen LogP contribution in [-0.4, -0.2) is 37.4 Å². The second-order valence-corrected chi connectivity index (χ2v) is 5.93. The summed E-state index contributed by atoms with van der Waals surface area (Å²) < 4.78 is 12.0. The zero-order valence-electron chi connectivity index (χ0n) is 12.0. The predicted octanol–water partition coefficient (Wildman–Crippen LogP) is 1.45. The normalized spacial score (nSPS) is 21.1. The van der Waals surface area contributed by atoms with E-state index in [1.54, 1.807) is 6.20 Å². The van der Waals surface area contributed by atoms with E-state index in [1.807, 2.05) is 31.1 Å². The number of aromatic nitrogens is 1. The number of nitrogens with zero attached hydrogens (tertiary/aromatic N) is 2. The molecule has 1 aliphatic rings. The number of pyridine rings is 1. The molecule has 4 nitrogen and oxygen atoms in total. The average molecular weight is 248 g/mol. The van der Waals surface area contributed by atoms with Crippen LogP contribution in [0.1, 0.15) is 27.7 Å². The van der Waals surface area contributed by atoms with Crippen LogP contribution < -0.4 is 10.4 Å². The van der Waals surface area contributed by atoms with Crippen LogP contribution in [0.25, 0.3) is 0 Å². The molecule has 0 bridgehead atoms. The molecule has 0 amide bonds. The first-order valence-electron chi connectivity index (χ1n) is 6.22. The lowest BCUT2D eigenvalue weighted by Gasteiger charge is -2.32. The summed E-state index contributed by atoms with van der Waals surface area (Å²) >= 11 is 0. The Balaban J connectivity index is 2.27. The molecule has 0 aromatic carbocycles. The molecular weight excluding hydrogens is 227 g/mol. The molecule has 0 radical (unpaired) electrons. The van der Waals surface area contributed by atoms with Gasteiger partial charge in [0.15, 0.2) is 0 Å². The minimum atomic E-state index is -0.323. The second-order valence-electron chi connectivity index (χ2n) is 5.93. The fraction of sp³-hybridized carbons (Fsp3) is 0.615. The highest BCUT2D eigenvalue weighted by Crippen LogP contribution is 2.36. The van der Waals surface area contributed by atoms with Gasteiger partial charge in [-0.05, 0) is 45.3 Å². The zero-order valence-corrected chi connectivity index (χ0v) is 12.0. The van der Waals surface area contributed by atoms with E-state index in [2.05, 4.69) is 32.7 Å². The van der Waals surface area contributed by atoms with E-state index < -0.39 is 0 Å². The smallest absolute Gasteiger partial charge is 0.399 e. The highest BCUT2D eigenvalue weighted by molar-refractivity contribution is 6.62. The van der Waals surface area contributed by atoms with Gasteiger partial charge in [0.25, 0.3) is 0 Å². The molecule has 0 aliphatic carbocycles. The summed E-state index contributed by atoms with van der Waals surface area (Å²) in [6.07, 6.45) is 1.79. The minimum Gasteiger partial charge on any atom is -0.399 e. The van der Waals surface area contributed by atoms with E-state index in [0.717, 1.165) is 11.3 Å². The summed E-state index contributed by atoms with van der Waals surface area (Å²) in [6, 6.07) is 3.94. The molecule has 5 heteroatoms. The SMILES string of the molecule is CN(C)c1cc(B2OC(C)(C)C(C)(C)O2)ccn1. The number of hydrogen-bond acceptors (Lipinski definition) is 4. The Morgan fingerprint density at radius 1 is 1.11 bits per heavy atom. The quantitative estimate of drug-likeness (QED) is 0.742. The van der Waals surface area contributed by atoms with E-state index in [-0.39, 0.29) is 18.3 Å². The molecule has 1 aliphatic heterocycles. The van der Waals surface area contributed by atoms with Gasteiger partial charge in [-0.1, -0.05) is 0 Å². The lowest BCUT2D eigenvalue weighted by molar-refractivity contribution is 0.00578. The van der Waals surface area contributed by atoms with Crippen molar-refractivity contribution >= 4 is 18.4 Å². The standard InChI is InChI=1S/C13H21BN2O2/c1-12(2)13(3,4)18-14(17-12)10-7-8-15-11(9-10)16(5)6/h7-9H,1-6H3.